The molecule has 0 saturated carbocycles. The van der Waals surface area contributed by atoms with Gasteiger partial charge in [-0.15, -0.1) is 0 Å². The SMILES string of the molecule is CC(N)CCC(=O)N1CCC(CN2CCCCC2=O)CC1. The van der Waals surface area contributed by atoms with E-state index in [1.54, 1.807) is 0 Å². The van der Waals surface area contributed by atoms with Crippen LogP contribution in [0.4, 0.5) is 0 Å². The van der Waals surface area contributed by atoms with Crippen LogP contribution in [-0.2, 0) is 9.59 Å². The Morgan fingerprint density at radius 2 is 2.00 bits per heavy atom. The average molecular weight is 295 g/mol. The molecule has 2 fully saturated rings. The summed E-state index contributed by atoms with van der Waals surface area (Å²) in [5, 5.41) is 0. The molecule has 2 saturated heterocycles. The maximum Gasteiger partial charge on any atom is 0.222 e. The molecule has 2 rings (SSSR count). The molecular weight excluding hydrogens is 266 g/mol. The lowest BCUT2D eigenvalue weighted by Crippen LogP contribution is -2.44. The predicted octanol–water partition coefficient (Wildman–Crippen LogP) is 1.36. The molecule has 2 amide bonds. The van der Waals surface area contributed by atoms with E-state index in [0.29, 0.717) is 24.7 Å². The van der Waals surface area contributed by atoms with Crippen molar-refractivity contribution < 1.29 is 9.59 Å². The standard InChI is InChI=1S/C16H29N3O2/c1-13(17)5-6-16(21)18-10-7-14(8-11-18)12-19-9-3-2-4-15(19)20/h13-14H,2-12,17H2,1H3. The molecule has 21 heavy (non-hydrogen) atoms. The molecule has 2 aliphatic rings. The lowest BCUT2D eigenvalue weighted by Gasteiger charge is -2.36. The van der Waals surface area contributed by atoms with Gasteiger partial charge in [0.2, 0.25) is 11.8 Å². The van der Waals surface area contributed by atoms with Crippen molar-refractivity contribution in [3.63, 3.8) is 0 Å². The summed E-state index contributed by atoms with van der Waals surface area (Å²) in [7, 11) is 0. The first-order valence-electron chi connectivity index (χ1n) is 8.37. The molecule has 1 unspecified atom stereocenters. The Morgan fingerprint density at radius 1 is 1.29 bits per heavy atom. The molecule has 1 atom stereocenters. The van der Waals surface area contributed by atoms with Gasteiger partial charge in [-0.05, 0) is 44.9 Å². The lowest BCUT2D eigenvalue weighted by atomic mass is 9.95. The maximum absolute atomic E-state index is 12.1. The van der Waals surface area contributed by atoms with Gasteiger partial charge in [0, 0.05) is 45.1 Å². The molecule has 0 aromatic heterocycles. The van der Waals surface area contributed by atoms with Crippen molar-refractivity contribution in [1.82, 2.24) is 9.80 Å². The third kappa shape index (κ3) is 4.99. The molecule has 0 aliphatic carbocycles. The van der Waals surface area contributed by atoms with E-state index in [2.05, 4.69) is 0 Å². The Kier molecular flexibility index (Phi) is 6.03. The molecule has 0 bridgehead atoms. The second-order valence-electron chi connectivity index (χ2n) is 6.64. The minimum absolute atomic E-state index is 0.0941. The van der Waals surface area contributed by atoms with Crippen LogP contribution in [-0.4, -0.2) is 53.8 Å². The van der Waals surface area contributed by atoms with Crippen molar-refractivity contribution in [2.75, 3.05) is 26.2 Å². The number of piperidine rings is 2. The van der Waals surface area contributed by atoms with E-state index < -0.39 is 0 Å². The van der Waals surface area contributed by atoms with Crippen molar-refractivity contribution in [3.8, 4) is 0 Å². The van der Waals surface area contributed by atoms with Gasteiger partial charge in [0.05, 0.1) is 0 Å². The van der Waals surface area contributed by atoms with Gasteiger partial charge < -0.3 is 15.5 Å². The summed E-state index contributed by atoms with van der Waals surface area (Å²) in [6.07, 6.45) is 6.27. The van der Waals surface area contributed by atoms with E-state index >= 15 is 0 Å². The predicted molar refractivity (Wildman–Crippen MR) is 82.6 cm³/mol. The topological polar surface area (TPSA) is 66.6 Å². The van der Waals surface area contributed by atoms with Crippen LogP contribution < -0.4 is 5.73 Å². The van der Waals surface area contributed by atoms with E-state index in [9.17, 15) is 9.59 Å². The van der Waals surface area contributed by atoms with E-state index in [-0.39, 0.29) is 11.9 Å². The first-order valence-corrected chi connectivity index (χ1v) is 8.37. The normalized spacial score (nSPS) is 22.5. The molecule has 5 nitrogen and oxygen atoms in total. The van der Waals surface area contributed by atoms with Gasteiger partial charge in [-0.25, -0.2) is 0 Å². The van der Waals surface area contributed by atoms with E-state index in [4.69, 9.17) is 5.73 Å². The van der Waals surface area contributed by atoms with Gasteiger partial charge in [-0.1, -0.05) is 0 Å². The summed E-state index contributed by atoms with van der Waals surface area (Å²) in [4.78, 5) is 27.9. The number of likely N-dealkylation sites (tertiary alicyclic amines) is 2. The average Bonchev–Trinajstić information content (AvgIpc) is 2.48. The summed E-state index contributed by atoms with van der Waals surface area (Å²) in [5.74, 6) is 1.11. The third-order valence-electron chi connectivity index (χ3n) is 4.68. The van der Waals surface area contributed by atoms with E-state index in [0.717, 1.165) is 58.3 Å². The van der Waals surface area contributed by atoms with Crippen LogP contribution in [0.1, 0.15) is 51.9 Å². The van der Waals surface area contributed by atoms with Crippen LogP contribution in [0.15, 0.2) is 0 Å². The van der Waals surface area contributed by atoms with Crippen molar-refractivity contribution in [2.45, 2.75) is 57.9 Å². The van der Waals surface area contributed by atoms with Gasteiger partial charge in [-0.3, -0.25) is 9.59 Å². The fourth-order valence-electron chi connectivity index (χ4n) is 3.24. The third-order valence-corrected chi connectivity index (χ3v) is 4.68. The maximum atomic E-state index is 12.1. The number of rotatable bonds is 5. The number of carbonyl (C=O) groups is 2. The second-order valence-corrected chi connectivity index (χ2v) is 6.64. The smallest absolute Gasteiger partial charge is 0.222 e. The molecule has 2 heterocycles. The first kappa shape index (κ1) is 16.3. The van der Waals surface area contributed by atoms with Crippen LogP contribution in [0.25, 0.3) is 0 Å². The molecule has 5 heteroatoms. The Labute approximate surface area is 127 Å². The molecule has 0 radical (unpaired) electrons. The minimum atomic E-state index is 0.0941. The zero-order valence-corrected chi connectivity index (χ0v) is 13.2. The van der Waals surface area contributed by atoms with Crippen LogP contribution in [0, 0.1) is 5.92 Å². The molecule has 2 aliphatic heterocycles. The van der Waals surface area contributed by atoms with Crippen LogP contribution in [0.3, 0.4) is 0 Å². The zero-order chi connectivity index (χ0) is 15.2. The lowest BCUT2D eigenvalue weighted by molar-refractivity contribution is -0.136. The molecule has 2 N–H and O–H groups in total. The zero-order valence-electron chi connectivity index (χ0n) is 13.2. The highest BCUT2D eigenvalue weighted by molar-refractivity contribution is 5.77. The number of nitrogens with two attached hydrogens (primary N) is 1. The van der Waals surface area contributed by atoms with Crippen LogP contribution >= 0.6 is 0 Å². The molecule has 120 valence electrons. The Bertz CT molecular complexity index is 363. The first-order chi connectivity index (χ1) is 10.1. The quantitative estimate of drug-likeness (QED) is 0.833. The summed E-state index contributed by atoms with van der Waals surface area (Å²) in [6, 6.07) is 0.0941. The summed E-state index contributed by atoms with van der Waals surface area (Å²) < 4.78 is 0. The summed E-state index contributed by atoms with van der Waals surface area (Å²) in [5.41, 5.74) is 5.70. The van der Waals surface area contributed by atoms with Gasteiger partial charge in [0.25, 0.3) is 0 Å². The molecule has 0 spiro atoms. The Morgan fingerprint density at radius 3 is 2.62 bits per heavy atom. The summed E-state index contributed by atoms with van der Waals surface area (Å²) >= 11 is 0. The number of amides is 2. The van der Waals surface area contributed by atoms with Gasteiger partial charge in [0.15, 0.2) is 0 Å². The fraction of sp³-hybridized carbons (Fsp3) is 0.875. The highest BCUT2D eigenvalue weighted by Gasteiger charge is 2.26. The van der Waals surface area contributed by atoms with Crippen LogP contribution in [0.5, 0.6) is 0 Å². The number of nitrogens with zero attached hydrogens (tertiary/aromatic N) is 2. The van der Waals surface area contributed by atoms with Gasteiger partial charge >= 0.3 is 0 Å². The van der Waals surface area contributed by atoms with Crippen molar-refractivity contribution >= 4 is 11.8 Å². The van der Waals surface area contributed by atoms with Gasteiger partial charge in [0.1, 0.15) is 0 Å². The molecule has 0 aromatic carbocycles. The van der Waals surface area contributed by atoms with Gasteiger partial charge in [-0.2, -0.15) is 0 Å². The largest absolute Gasteiger partial charge is 0.343 e. The fourth-order valence-corrected chi connectivity index (χ4v) is 3.24. The number of hydrogen-bond acceptors (Lipinski definition) is 3. The number of hydrogen-bond donors (Lipinski definition) is 1. The van der Waals surface area contributed by atoms with E-state index in [1.165, 1.54) is 0 Å². The Hall–Kier alpha value is -1.10. The Balaban J connectivity index is 1.70. The summed E-state index contributed by atoms with van der Waals surface area (Å²) in [6.45, 7) is 5.43. The van der Waals surface area contributed by atoms with E-state index in [1.807, 2.05) is 16.7 Å². The molecule has 0 aromatic rings. The monoisotopic (exact) mass is 295 g/mol. The highest BCUT2D eigenvalue weighted by Crippen LogP contribution is 2.21. The number of carbonyl (C=O) groups excluding carboxylic acids is 2. The highest BCUT2D eigenvalue weighted by atomic mass is 16.2. The van der Waals surface area contributed by atoms with Crippen molar-refractivity contribution in [2.24, 2.45) is 11.7 Å². The van der Waals surface area contributed by atoms with Crippen LogP contribution in [0.2, 0.25) is 0 Å². The molecular formula is C16H29N3O2. The van der Waals surface area contributed by atoms with Crippen molar-refractivity contribution in [1.29, 1.82) is 0 Å². The minimum Gasteiger partial charge on any atom is -0.343 e. The van der Waals surface area contributed by atoms with Crippen molar-refractivity contribution in [3.05, 3.63) is 0 Å². The second kappa shape index (κ2) is 7.78.